The highest BCUT2D eigenvalue weighted by atomic mass is 79.9. The summed E-state index contributed by atoms with van der Waals surface area (Å²) < 4.78 is 14.0. The number of hydrogen-bond acceptors (Lipinski definition) is 4. The number of carbonyl (C=O) groups excluding carboxylic acids is 2. The summed E-state index contributed by atoms with van der Waals surface area (Å²) >= 11 is 3.41. The molecule has 144 valence electrons. The van der Waals surface area contributed by atoms with Crippen LogP contribution in [0, 0.1) is 0 Å². The summed E-state index contributed by atoms with van der Waals surface area (Å²) in [5.74, 6) is 1.31. The Morgan fingerprint density at radius 1 is 1.14 bits per heavy atom. The van der Waals surface area contributed by atoms with Crippen LogP contribution < -0.4 is 14.8 Å². The number of benzene rings is 2. The summed E-state index contributed by atoms with van der Waals surface area (Å²) in [7, 11) is 0. The molecule has 0 spiro atoms. The molecule has 0 bridgehead atoms. The van der Waals surface area contributed by atoms with E-state index in [-0.39, 0.29) is 12.5 Å². The van der Waals surface area contributed by atoms with Crippen molar-refractivity contribution in [2.24, 2.45) is 0 Å². The lowest BCUT2D eigenvalue weighted by atomic mass is 10.2. The fourth-order valence-electron chi connectivity index (χ4n) is 3.25. The van der Waals surface area contributed by atoms with E-state index in [1.165, 1.54) is 0 Å². The number of hydrogen-bond donors (Lipinski definition) is 1. The smallest absolute Gasteiger partial charge is 0.240 e. The first-order valence-corrected chi connectivity index (χ1v) is 9.82. The maximum atomic E-state index is 12.5. The molecule has 3 aromatic rings. The second-order valence-electron chi connectivity index (χ2n) is 6.60. The second kappa shape index (κ2) is 8.06. The first-order chi connectivity index (χ1) is 13.6. The molecule has 6 nitrogen and oxygen atoms in total. The number of nitrogens with zero attached hydrogens (tertiary/aromatic N) is 1. The van der Waals surface area contributed by atoms with E-state index >= 15 is 0 Å². The van der Waals surface area contributed by atoms with Gasteiger partial charge in [-0.25, -0.2) is 0 Å². The molecular weight excluding hydrogens is 424 g/mol. The largest absolute Gasteiger partial charge is 0.490 e. The zero-order chi connectivity index (χ0) is 19.5. The Labute approximate surface area is 170 Å². The van der Waals surface area contributed by atoms with E-state index in [0.717, 1.165) is 39.4 Å². The van der Waals surface area contributed by atoms with Crippen molar-refractivity contribution in [1.82, 2.24) is 9.88 Å². The zero-order valence-electron chi connectivity index (χ0n) is 15.1. The molecule has 0 radical (unpaired) electrons. The molecule has 0 fully saturated rings. The lowest BCUT2D eigenvalue weighted by molar-refractivity contribution is -0.121. The van der Waals surface area contributed by atoms with Crippen LogP contribution in [0.15, 0.2) is 47.1 Å². The fraction of sp³-hybridized carbons (Fsp3) is 0.238. The number of amides is 1. The van der Waals surface area contributed by atoms with E-state index < -0.39 is 0 Å². The molecule has 0 aliphatic carbocycles. The normalized spacial score (nSPS) is 13.2. The molecular formula is C21H19BrN2O4. The van der Waals surface area contributed by atoms with Gasteiger partial charge in [0.25, 0.3) is 0 Å². The Balaban J connectivity index is 1.45. The van der Waals surface area contributed by atoms with Gasteiger partial charge in [-0.1, -0.05) is 22.0 Å². The summed E-state index contributed by atoms with van der Waals surface area (Å²) in [6.45, 7) is 1.79. The van der Waals surface area contributed by atoms with Crippen LogP contribution in [-0.4, -0.2) is 30.0 Å². The van der Waals surface area contributed by atoms with Crippen molar-refractivity contribution in [2.75, 3.05) is 13.2 Å². The Morgan fingerprint density at radius 3 is 2.79 bits per heavy atom. The van der Waals surface area contributed by atoms with Crippen LogP contribution in [0.4, 0.5) is 0 Å². The van der Waals surface area contributed by atoms with Gasteiger partial charge in [0.1, 0.15) is 6.54 Å². The SMILES string of the molecule is O=Cc1cn(CC(=O)NCc2ccc3c(c2)OCCCO3)c2ccc(Br)cc12. The fourth-order valence-corrected chi connectivity index (χ4v) is 3.61. The molecule has 4 rings (SSSR count). The van der Waals surface area contributed by atoms with Crippen molar-refractivity contribution in [3.63, 3.8) is 0 Å². The van der Waals surface area contributed by atoms with Gasteiger partial charge in [-0.3, -0.25) is 9.59 Å². The van der Waals surface area contributed by atoms with Crippen molar-refractivity contribution < 1.29 is 19.1 Å². The third-order valence-electron chi connectivity index (χ3n) is 4.62. The van der Waals surface area contributed by atoms with Crippen LogP contribution >= 0.6 is 15.9 Å². The second-order valence-corrected chi connectivity index (χ2v) is 7.52. The number of aromatic nitrogens is 1. The minimum Gasteiger partial charge on any atom is -0.490 e. The molecule has 0 saturated heterocycles. The van der Waals surface area contributed by atoms with Gasteiger partial charge in [0.2, 0.25) is 5.91 Å². The molecule has 28 heavy (non-hydrogen) atoms. The van der Waals surface area contributed by atoms with Gasteiger partial charge < -0.3 is 19.4 Å². The highest BCUT2D eigenvalue weighted by Gasteiger charge is 2.13. The third kappa shape index (κ3) is 3.89. The highest BCUT2D eigenvalue weighted by molar-refractivity contribution is 9.10. The van der Waals surface area contributed by atoms with E-state index in [2.05, 4.69) is 21.2 Å². The molecule has 1 aliphatic rings. The van der Waals surface area contributed by atoms with E-state index in [4.69, 9.17) is 9.47 Å². The molecule has 0 unspecified atom stereocenters. The number of ether oxygens (including phenoxy) is 2. The Kier molecular flexibility index (Phi) is 5.34. The van der Waals surface area contributed by atoms with E-state index in [1.807, 2.05) is 36.4 Å². The number of halogens is 1. The minimum absolute atomic E-state index is 0.135. The highest BCUT2D eigenvalue weighted by Crippen LogP contribution is 2.30. The maximum absolute atomic E-state index is 12.5. The molecule has 2 aromatic carbocycles. The van der Waals surface area contributed by atoms with Gasteiger partial charge in [0.05, 0.1) is 13.2 Å². The third-order valence-corrected chi connectivity index (χ3v) is 5.11. The van der Waals surface area contributed by atoms with Crippen LogP contribution in [0.3, 0.4) is 0 Å². The topological polar surface area (TPSA) is 69.6 Å². The molecule has 1 aliphatic heterocycles. The van der Waals surface area contributed by atoms with Crippen molar-refractivity contribution in [3.05, 3.63) is 58.2 Å². The van der Waals surface area contributed by atoms with Crippen molar-refractivity contribution in [3.8, 4) is 11.5 Å². The number of fused-ring (bicyclic) bond motifs is 2. The molecule has 1 N–H and O–H groups in total. The Morgan fingerprint density at radius 2 is 1.96 bits per heavy atom. The number of aldehydes is 1. The Hall–Kier alpha value is -2.80. The maximum Gasteiger partial charge on any atom is 0.240 e. The van der Waals surface area contributed by atoms with Crippen molar-refractivity contribution >= 4 is 39.0 Å². The first kappa shape index (κ1) is 18.6. The Bertz CT molecular complexity index is 1040. The number of nitrogens with one attached hydrogen (secondary N) is 1. The molecule has 1 aromatic heterocycles. The molecule has 1 amide bonds. The van der Waals surface area contributed by atoms with Gasteiger partial charge in [-0.05, 0) is 35.9 Å². The standard InChI is InChI=1S/C21H19BrN2O4/c22-16-3-4-18-17(9-16)15(13-25)11-24(18)12-21(26)23-10-14-2-5-19-20(8-14)28-7-1-6-27-19/h2-5,8-9,11,13H,1,6-7,10,12H2,(H,23,26). The molecule has 0 saturated carbocycles. The molecule has 0 atom stereocenters. The monoisotopic (exact) mass is 442 g/mol. The van der Waals surface area contributed by atoms with Gasteiger partial charge in [-0.15, -0.1) is 0 Å². The lowest BCUT2D eigenvalue weighted by Gasteiger charge is -2.11. The van der Waals surface area contributed by atoms with Gasteiger partial charge in [-0.2, -0.15) is 0 Å². The van der Waals surface area contributed by atoms with Crippen LogP contribution in [0.2, 0.25) is 0 Å². The lowest BCUT2D eigenvalue weighted by Crippen LogP contribution is -2.26. The van der Waals surface area contributed by atoms with E-state index in [9.17, 15) is 9.59 Å². The number of rotatable bonds is 5. The summed E-state index contributed by atoms with van der Waals surface area (Å²) in [6, 6.07) is 11.3. The van der Waals surface area contributed by atoms with Crippen LogP contribution in [0.5, 0.6) is 11.5 Å². The quantitative estimate of drug-likeness (QED) is 0.611. The van der Waals surface area contributed by atoms with Crippen LogP contribution in [0.1, 0.15) is 22.3 Å². The summed E-state index contributed by atoms with van der Waals surface area (Å²) in [5, 5.41) is 3.74. The summed E-state index contributed by atoms with van der Waals surface area (Å²) in [5.41, 5.74) is 2.34. The van der Waals surface area contributed by atoms with Crippen molar-refractivity contribution in [2.45, 2.75) is 19.5 Å². The van der Waals surface area contributed by atoms with Crippen LogP contribution in [-0.2, 0) is 17.9 Å². The minimum atomic E-state index is -0.135. The number of carbonyl (C=O) groups is 2. The van der Waals surface area contributed by atoms with E-state index in [1.54, 1.807) is 10.8 Å². The predicted octanol–water partition coefficient (Wildman–Crippen LogP) is 3.69. The van der Waals surface area contributed by atoms with Gasteiger partial charge in [0.15, 0.2) is 17.8 Å². The first-order valence-electron chi connectivity index (χ1n) is 9.03. The summed E-state index contributed by atoms with van der Waals surface area (Å²) in [6.07, 6.45) is 3.36. The van der Waals surface area contributed by atoms with Crippen molar-refractivity contribution in [1.29, 1.82) is 0 Å². The zero-order valence-corrected chi connectivity index (χ0v) is 16.7. The average molecular weight is 443 g/mol. The van der Waals surface area contributed by atoms with Gasteiger partial charge in [0, 0.05) is 40.1 Å². The van der Waals surface area contributed by atoms with E-state index in [0.29, 0.717) is 31.1 Å². The van der Waals surface area contributed by atoms with Gasteiger partial charge >= 0.3 is 0 Å². The molecule has 2 heterocycles. The molecule has 7 heteroatoms. The average Bonchev–Trinajstić information content (AvgIpc) is 2.87. The van der Waals surface area contributed by atoms with Crippen LogP contribution in [0.25, 0.3) is 10.9 Å². The predicted molar refractivity (Wildman–Crippen MR) is 109 cm³/mol. The summed E-state index contributed by atoms with van der Waals surface area (Å²) in [4.78, 5) is 23.8.